The van der Waals surface area contributed by atoms with Crippen molar-refractivity contribution in [2.24, 2.45) is 5.10 Å². The first-order valence-electron chi connectivity index (χ1n) is 9.00. The third-order valence-corrected chi connectivity index (χ3v) is 4.59. The lowest BCUT2D eigenvalue weighted by molar-refractivity contribution is -0.384. The van der Waals surface area contributed by atoms with Gasteiger partial charge in [0.1, 0.15) is 5.75 Å². The number of hydrazone groups is 1. The highest BCUT2D eigenvalue weighted by Gasteiger charge is 2.12. The van der Waals surface area contributed by atoms with Crippen LogP contribution < -0.4 is 5.43 Å². The molecule has 30 heavy (non-hydrogen) atoms. The number of non-ortho nitro benzene ring substituents is 1. The maximum Gasteiger partial charge on any atom is 0.275 e. The number of nitro benzene ring substituents is 1. The molecular formula is C22H16N4O4. The molecule has 0 fully saturated rings. The Balaban J connectivity index is 1.52. The van der Waals surface area contributed by atoms with E-state index in [4.69, 9.17) is 0 Å². The number of nitrogens with one attached hydrogen (secondary N) is 1. The van der Waals surface area contributed by atoms with Gasteiger partial charge in [0.15, 0.2) is 0 Å². The molecule has 1 aromatic heterocycles. The summed E-state index contributed by atoms with van der Waals surface area (Å²) in [7, 11) is 0. The van der Waals surface area contributed by atoms with Gasteiger partial charge in [0.05, 0.1) is 22.4 Å². The molecule has 4 rings (SSSR count). The van der Waals surface area contributed by atoms with Crippen molar-refractivity contribution >= 4 is 28.6 Å². The maximum absolute atomic E-state index is 12.4. The lowest BCUT2D eigenvalue weighted by Crippen LogP contribution is -2.18. The highest BCUT2D eigenvalue weighted by molar-refractivity contribution is 6.01. The number of carbonyl (C=O) groups excluding carboxylic acids is 1. The van der Waals surface area contributed by atoms with Gasteiger partial charge in [-0.05, 0) is 47.2 Å². The molecule has 8 nitrogen and oxygen atoms in total. The van der Waals surface area contributed by atoms with Gasteiger partial charge in [0, 0.05) is 24.0 Å². The SMILES string of the molecule is O=C(N/N=C/c1cccn1-c1ccc([N+](=O)[O-])cc1)c1cc2ccccc2cc1O. The fourth-order valence-corrected chi connectivity index (χ4v) is 3.10. The highest BCUT2D eigenvalue weighted by Crippen LogP contribution is 2.25. The van der Waals surface area contributed by atoms with Crippen LogP contribution in [-0.2, 0) is 0 Å². The molecule has 1 heterocycles. The Kier molecular flexibility index (Phi) is 4.96. The van der Waals surface area contributed by atoms with Crippen LogP contribution >= 0.6 is 0 Å². The summed E-state index contributed by atoms with van der Waals surface area (Å²) in [5, 5.41) is 26.6. The lowest BCUT2D eigenvalue weighted by atomic mass is 10.1. The van der Waals surface area contributed by atoms with Crippen LogP contribution in [0.5, 0.6) is 5.75 Å². The summed E-state index contributed by atoms with van der Waals surface area (Å²) in [6, 6.07) is 20.2. The third kappa shape index (κ3) is 3.74. The number of aromatic hydroxyl groups is 1. The van der Waals surface area contributed by atoms with Crippen LogP contribution in [0, 0.1) is 10.1 Å². The van der Waals surface area contributed by atoms with E-state index in [0.717, 1.165) is 10.8 Å². The Morgan fingerprint density at radius 1 is 1.03 bits per heavy atom. The normalized spacial score (nSPS) is 11.1. The van der Waals surface area contributed by atoms with Gasteiger partial charge in [-0.3, -0.25) is 14.9 Å². The smallest absolute Gasteiger partial charge is 0.275 e. The molecule has 0 saturated heterocycles. The number of carbonyl (C=O) groups is 1. The molecule has 0 radical (unpaired) electrons. The fraction of sp³-hybridized carbons (Fsp3) is 0. The highest BCUT2D eigenvalue weighted by atomic mass is 16.6. The van der Waals surface area contributed by atoms with Gasteiger partial charge in [-0.2, -0.15) is 5.10 Å². The summed E-state index contributed by atoms with van der Waals surface area (Å²) in [6.07, 6.45) is 3.23. The summed E-state index contributed by atoms with van der Waals surface area (Å²) in [5.74, 6) is -0.668. The van der Waals surface area contributed by atoms with Crippen molar-refractivity contribution in [1.29, 1.82) is 0 Å². The number of hydrogen-bond donors (Lipinski definition) is 2. The Labute approximate surface area is 170 Å². The van der Waals surface area contributed by atoms with E-state index in [-0.39, 0.29) is 17.0 Å². The van der Waals surface area contributed by atoms with E-state index in [2.05, 4.69) is 10.5 Å². The number of hydrogen-bond acceptors (Lipinski definition) is 5. The molecular weight excluding hydrogens is 384 g/mol. The van der Waals surface area contributed by atoms with E-state index < -0.39 is 10.8 Å². The van der Waals surface area contributed by atoms with Crippen molar-refractivity contribution in [2.45, 2.75) is 0 Å². The summed E-state index contributed by atoms with van der Waals surface area (Å²) in [6.45, 7) is 0. The molecule has 0 spiro atoms. The summed E-state index contributed by atoms with van der Waals surface area (Å²) in [4.78, 5) is 22.8. The van der Waals surface area contributed by atoms with Crippen molar-refractivity contribution in [1.82, 2.24) is 9.99 Å². The number of fused-ring (bicyclic) bond motifs is 1. The quantitative estimate of drug-likeness (QED) is 0.300. The van der Waals surface area contributed by atoms with Crippen molar-refractivity contribution in [2.75, 3.05) is 0 Å². The second-order valence-corrected chi connectivity index (χ2v) is 6.49. The number of benzene rings is 3. The van der Waals surface area contributed by atoms with Crippen molar-refractivity contribution in [3.8, 4) is 11.4 Å². The molecule has 0 atom stereocenters. The molecule has 0 saturated carbocycles. The number of phenols is 1. The Morgan fingerprint density at radius 2 is 1.73 bits per heavy atom. The average molecular weight is 400 g/mol. The monoisotopic (exact) mass is 400 g/mol. The first-order chi connectivity index (χ1) is 14.5. The van der Waals surface area contributed by atoms with E-state index >= 15 is 0 Å². The van der Waals surface area contributed by atoms with Crippen molar-refractivity contribution in [3.05, 3.63) is 100 Å². The number of phenolic OH excluding ortho intramolecular Hbond substituents is 1. The fourth-order valence-electron chi connectivity index (χ4n) is 3.10. The molecule has 4 aromatic rings. The molecule has 3 aromatic carbocycles. The molecule has 2 N–H and O–H groups in total. The van der Waals surface area contributed by atoms with E-state index in [9.17, 15) is 20.0 Å². The van der Waals surface area contributed by atoms with E-state index in [0.29, 0.717) is 11.4 Å². The van der Waals surface area contributed by atoms with Gasteiger partial charge in [-0.1, -0.05) is 24.3 Å². The second-order valence-electron chi connectivity index (χ2n) is 6.49. The number of amides is 1. The van der Waals surface area contributed by atoms with E-state index in [1.807, 2.05) is 24.3 Å². The zero-order chi connectivity index (χ0) is 21.1. The number of nitrogens with zero attached hydrogens (tertiary/aromatic N) is 3. The first kappa shape index (κ1) is 18.9. The van der Waals surface area contributed by atoms with Crippen LogP contribution in [0.25, 0.3) is 16.5 Å². The molecule has 0 aliphatic carbocycles. The predicted octanol–water partition coefficient (Wildman–Crippen LogP) is 4.01. The van der Waals surface area contributed by atoms with Gasteiger partial charge in [-0.25, -0.2) is 5.43 Å². The van der Waals surface area contributed by atoms with Gasteiger partial charge in [0.25, 0.3) is 11.6 Å². The van der Waals surface area contributed by atoms with Gasteiger partial charge in [-0.15, -0.1) is 0 Å². The van der Waals surface area contributed by atoms with Crippen LogP contribution in [0.3, 0.4) is 0 Å². The topological polar surface area (TPSA) is 110 Å². The van der Waals surface area contributed by atoms with E-state index in [1.165, 1.54) is 24.4 Å². The van der Waals surface area contributed by atoms with E-state index in [1.54, 1.807) is 41.1 Å². The summed E-state index contributed by atoms with van der Waals surface area (Å²) < 4.78 is 1.77. The van der Waals surface area contributed by atoms with Crippen LogP contribution in [0.1, 0.15) is 16.1 Å². The maximum atomic E-state index is 12.4. The molecule has 0 aliphatic heterocycles. The Bertz CT molecular complexity index is 1280. The average Bonchev–Trinajstić information content (AvgIpc) is 3.21. The van der Waals surface area contributed by atoms with Gasteiger partial charge >= 0.3 is 0 Å². The Morgan fingerprint density at radius 3 is 2.43 bits per heavy atom. The van der Waals surface area contributed by atoms with Gasteiger partial charge < -0.3 is 9.67 Å². The lowest BCUT2D eigenvalue weighted by Gasteiger charge is -2.07. The van der Waals surface area contributed by atoms with Crippen LogP contribution in [0.4, 0.5) is 5.69 Å². The minimum atomic E-state index is -0.539. The van der Waals surface area contributed by atoms with Crippen LogP contribution in [-0.4, -0.2) is 26.7 Å². The molecule has 148 valence electrons. The number of aromatic nitrogens is 1. The summed E-state index contributed by atoms with van der Waals surface area (Å²) >= 11 is 0. The summed E-state index contributed by atoms with van der Waals surface area (Å²) in [5.41, 5.74) is 3.91. The van der Waals surface area contributed by atoms with Crippen molar-refractivity contribution in [3.63, 3.8) is 0 Å². The first-order valence-corrected chi connectivity index (χ1v) is 9.00. The zero-order valence-electron chi connectivity index (χ0n) is 15.6. The molecule has 8 heteroatoms. The zero-order valence-corrected chi connectivity index (χ0v) is 15.6. The van der Waals surface area contributed by atoms with Crippen LogP contribution in [0.2, 0.25) is 0 Å². The largest absolute Gasteiger partial charge is 0.507 e. The molecule has 1 amide bonds. The van der Waals surface area contributed by atoms with Crippen LogP contribution in [0.15, 0.2) is 84.1 Å². The number of nitro groups is 1. The second kappa shape index (κ2) is 7.88. The predicted molar refractivity (Wildman–Crippen MR) is 113 cm³/mol. The standard InChI is InChI=1S/C22H16N4O4/c27-21-13-16-5-2-1-4-15(16)12-20(21)22(28)24-23-14-19-6-3-11-25(19)17-7-9-18(10-8-17)26(29)30/h1-14,27H,(H,24,28)/b23-14+. The minimum Gasteiger partial charge on any atom is -0.507 e. The van der Waals surface area contributed by atoms with Crippen molar-refractivity contribution < 1.29 is 14.8 Å². The minimum absolute atomic E-state index is 0.00331. The Hall–Kier alpha value is -4.46. The third-order valence-electron chi connectivity index (χ3n) is 4.59. The molecule has 0 bridgehead atoms. The van der Waals surface area contributed by atoms with Gasteiger partial charge in [0.2, 0.25) is 0 Å². The molecule has 0 aliphatic rings. The number of rotatable bonds is 5. The molecule has 0 unspecified atom stereocenters.